The largest absolute Gasteiger partial charge is 0.464 e. The maximum atomic E-state index is 6.51. The minimum absolute atomic E-state index is 1.000. The van der Waals surface area contributed by atoms with Crippen LogP contribution in [0.15, 0.2) is 57.8 Å². The number of aryl methyl sites for hydroxylation is 4. The van der Waals surface area contributed by atoms with Gasteiger partial charge in [-0.3, -0.25) is 0 Å². The quantitative estimate of drug-likeness (QED) is 0.0362. The molecule has 4 heterocycles. The van der Waals surface area contributed by atoms with E-state index in [0.29, 0.717) is 0 Å². The average molecular weight is 934 g/mol. The topological polar surface area (TPSA) is 26.3 Å². The molecule has 0 saturated heterocycles. The smallest absolute Gasteiger partial charge is 0.142 e. The van der Waals surface area contributed by atoms with Gasteiger partial charge in [-0.05, 0) is 98.9 Å². The molecule has 66 heavy (non-hydrogen) atoms. The summed E-state index contributed by atoms with van der Waals surface area (Å²) in [5.41, 5.74) is 7.80. The van der Waals surface area contributed by atoms with E-state index in [9.17, 15) is 0 Å². The monoisotopic (exact) mass is 933 g/mol. The molecule has 6 rings (SSSR count). The normalized spacial score (nSPS) is 12.0. The van der Waals surface area contributed by atoms with Crippen LogP contribution >= 0.6 is 22.7 Å². The lowest BCUT2D eigenvalue weighted by atomic mass is 9.95. The van der Waals surface area contributed by atoms with E-state index < -0.39 is 0 Å². The second kappa shape index (κ2) is 30.6. The standard InChI is InChI=1S/C62H92O2S2/c1-5-9-13-17-21-25-29-33-37-49-45-59(65-57(49)39-35-31-27-23-19-15-11-7-3)53-47-55-56(61-51(53)41-43-63-61)48-54(52-42-44-64-62(52)55)60-46-50(38-34-30-26-22-18-14-10-6-2)58(66-60)40-36-32-28-24-20-16-12-8-4/h41-48H,5-40H2,1-4H3. The molecule has 0 aliphatic heterocycles. The predicted molar refractivity (Wildman–Crippen MR) is 295 cm³/mol. The summed E-state index contributed by atoms with van der Waals surface area (Å²) in [5.74, 6) is 0. The summed E-state index contributed by atoms with van der Waals surface area (Å²) in [6, 6.07) is 14.5. The Kier molecular flexibility index (Phi) is 24.4. The first-order valence-corrected chi connectivity index (χ1v) is 29.9. The Labute approximate surface area is 411 Å². The van der Waals surface area contributed by atoms with Gasteiger partial charge in [-0.15, -0.1) is 22.7 Å². The number of thiophene rings is 2. The third kappa shape index (κ3) is 16.1. The maximum Gasteiger partial charge on any atom is 0.142 e. The summed E-state index contributed by atoms with van der Waals surface area (Å²) in [6.45, 7) is 9.26. The summed E-state index contributed by atoms with van der Waals surface area (Å²) in [5, 5.41) is 4.81. The van der Waals surface area contributed by atoms with Crippen LogP contribution in [0.5, 0.6) is 0 Å². The molecule has 0 aliphatic carbocycles. The molecule has 0 N–H and O–H groups in total. The van der Waals surface area contributed by atoms with Gasteiger partial charge in [0.1, 0.15) is 11.2 Å². The van der Waals surface area contributed by atoms with Crippen LogP contribution in [-0.4, -0.2) is 0 Å². The molecular formula is C62H92O2S2. The summed E-state index contributed by atoms with van der Waals surface area (Å²) in [6.07, 6.45) is 52.5. The zero-order chi connectivity index (χ0) is 46.0. The molecule has 2 aromatic carbocycles. The minimum Gasteiger partial charge on any atom is -0.464 e. The van der Waals surface area contributed by atoms with Crippen molar-refractivity contribution >= 4 is 55.4 Å². The van der Waals surface area contributed by atoms with Crippen molar-refractivity contribution < 1.29 is 8.83 Å². The van der Waals surface area contributed by atoms with Crippen molar-refractivity contribution in [3.05, 3.63) is 69.8 Å². The number of hydrogen-bond acceptors (Lipinski definition) is 4. The van der Waals surface area contributed by atoms with E-state index >= 15 is 0 Å². The van der Waals surface area contributed by atoms with E-state index in [1.54, 1.807) is 20.9 Å². The molecule has 0 fully saturated rings. The molecule has 0 unspecified atom stereocenters. The van der Waals surface area contributed by atoms with Crippen molar-refractivity contribution in [3.63, 3.8) is 0 Å². The molecule has 0 radical (unpaired) electrons. The second-order valence-corrected chi connectivity index (χ2v) is 22.6. The van der Waals surface area contributed by atoms with Crippen LogP contribution in [0.2, 0.25) is 0 Å². The Balaban J connectivity index is 1.24. The van der Waals surface area contributed by atoms with Gasteiger partial charge >= 0.3 is 0 Å². The van der Waals surface area contributed by atoms with Crippen molar-refractivity contribution in [1.82, 2.24) is 0 Å². The zero-order valence-electron chi connectivity index (χ0n) is 42.7. The maximum absolute atomic E-state index is 6.51. The second-order valence-electron chi connectivity index (χ2n) is 20.3. The van der Waals surface area contributed by atoms with Gasteiger partial charge in [0.05, 0.1) is 12.5 Å². The molecule has 364 valence electrons. The molecule has 0 spiro atoms. The fraction of sp³-hybridized carbons (Fsp3) is 0.645. The molecule has 0 amide bonds. The number of hydrogen-bond donors (Lipinski definition) is 0. The Morgan fingerprint density at radius 2 is 0.606 bits per heavy atom. The molecular weight excluding hydrogens is 841 g/mol. The Bertz CT molecular complexity index is 1980. The highest BCUT2D eigenvalue weighted by molar-refractivity contribution is 7.16. The number of fused-ring (bicyclic) bond motifs is 5. The van der Waals surface area contributed by atoms with Gasteiger partial charge in [-0.1, -0.05) is 207 Å². The molecule has 0 atom stereocenters. The summed E-state index contributed by atoms with van der Waals surface area (Å²) in [4.78, 5) is 6.03. The number of unbranched alkanes of at least 4 members (excludes halogenated alkanes) is 28. The first kappa shape index (κ1) is 52.5. The molecule has 0 aliphatic rings. The third-order valence-electron chi connectivity index (χ3n) is 14.7. The van der Waals surface area contributed by atoms with Crippen molar-refractivity contribution in [1.29, 1.82) is 0 Å². The Hall–Kier alpha value is -2.82. The van der Waals surface area contributed by atoms with Crippen LogP contribution in [0, 0.1) is 0 Å². The highest BCUT2D eigenvalue weighted by Crippen LogP contribution is 2.46. The fourth-order valence-corrected chi connectivity index (χ4v) is 13.2. The number of rotatable bonds is 38. The van der Waals surface area contributed by atoms with Crippen molar-refractivity contribution in [2.24, 2.45) is 0 Å². The van der Waals surface area contributed by atoms with Gasteiger partial charge in [0.2, 0.25) is 0 Å². The van der Waals surface area contributed by atoms with E-state index in [0.717, 1.165) is 11.2 Å². The van der Waals surface area contributed by atoms with Gasteiger partial charge in [0, 0.05) is 52.2 Å². The van der Waals surface area contributed by atoms with E-state index in [2.05, 4.69) is 86.8 Å². The van der Waals surface area contributed by atoms with Crippen LogP contribution < -0.4 is 0 Å². The average Bonchev–Trinajstić information content (AvgIpc) is 4.17. The molecule has 4 heteroatoms. The van der Waals surface area contributed by atoms with Crippen molar-refractivity contribution in [3.8, 4) is 20.9 Å². The molecule has 2 nitrogen and oxygen atoms in total. The molecule has 6 aromatic rings. The number of benzene rings is 2. The molecule has 0 saturated carbocycles. The lowest BCUT2D eigenvalue weighted by molar-refractivity contribution is 0.572. The van der Waals surface area contributed by atoms with Gasteiger partial charge < -0.3 is 8.83 Å². The zero-order valence-corrected chi connectivity index (χ0v) is 44.3. The van der Waals surface area contributed by atoms with Crippen LogP contribution in [0.25, 0.3) is 53.6 Å². The van der Waals surface area contributed by atoms with Crippen LogP contribution in [0.3, 0.4) is 0 Å². The van der Waals surface area contributed by atoms with Crippen LogP contribution in [0.1, 0.15) is 254 Å². The van der Waals surface area contributed by atoms with E-state index in [1.807, 2.05) is 12.5 Å². The summed E-state index contributed by atoms with van der Waals surface area (Å²) in [7, 11) is 0. The minimum atomic E-state index is 1.000. The lowest BCUT2D eigenvalue weighted by Gasteiger charge is -2.09. The van der Waals surface area contributed by atoms with Gasteiger partial charge in [-0.2, -0.15) is 0 Å². The number of furan rings is 2. The highest BCUT2D eigenvalue weighted by atomic mass is 32.1. The summed E-state index contributed by atoms with van der Waals surface area (Å²) < 4.78 is 13.0. The van der Waals surface area contributed by atoms with E-state index in [4.69, 9.17) is 8.83 Å². The van der Waals surface area contributed by atoms with Crippen molar-refractivity contribution in [2.75, 3.05) is 0 Å². The van der Waals surface area contributed by atoms with Crippen molar-refractivity contribution in [2.45, 2.75) is 259 Å². The Morgan fingerprint density at radius 3 is 0.924 bits per heavy atom. The Morgan fingerprint density at radius 1 is 0.318 bits per heavy atom. The van der Waals surface area contributed by atoms with Crippen LogP contribution in [-0.2, 0) is 25.7 Å². The lowest BCUT2D eigenvalue weighted by Crippen LogP contribution is -1.91. The fourth-order valence-electron chi connectivity index (χ4n) is 10.6. The molecule has 0 bridgehead atoms. The highest BCUT2D eigenvalue weighted by Gasteiger charge is 2.22. The molecule has 4 aromatic heterocycles. The first-order chi connectivity index (χ1) is 32.7. The first-order valence-electron chi connectivity index (χ1n) is 28.2. The third-order valence-corrected chi connectivity index (χ3v) is 17.2. The SMILES string of the molecule is CCCCCCCCCCc1cc(-c2cc3c(cc(-c4cc(CCCCCCCCCC)c(CCCCCCCCCC)s4)c4ccoc43)c3occc23)sc1CCCCCCCCCC. The predicted octanol–water partition coefficient (Wildman–Crippen LogP) is 22.5. The van der Waals surface area contributed by atoms with Gasteiger partial charge in [-0.25, -0.2) is 0 Å². The summed E-state index contributed by atoms with van der Waals surface area (Å²) >= 11 is 4.12. The van der Waals surface area contributed by atoms with Gasteiger partial charge in [0.15, 0.2) is 0 Å². The van der Waals surface area contributed by atoms with Crippen LogP contribution in [0.4, 0.5) is 0 Å². The van der Waals surface area contributed by atoms with E-state index in [-0.39, 0.29) is 0 Å². The van der Waals surface area contributed by atoms with Gasteiger partial charge in [0.25, 0.3) is 0 Å². The van der Waals surface area contributed by atoms with E-state index in [1.165, 1.54) is 274 Å².